The molecule has 13 nitrogen and oxygen atoms in total. The highest BCUT2D eigenvalue weighted by Gasteiger charge is 2.50. The highest BCUT2D eigenvalue weighted by molar-refractivity contribution is 6.55. The molecular weight excluding hydrogens is 592 g/mol. The number of aliphatic hydroxyl groups excluding tert-OH is 2. The molecule has 2 aliphatic heterocycles. The molecule has 13 atom stereocenters. The van der Waals surface area contributed by atoms with Gasteiger partial charge in [0.25, 0.3) is 0 Å². The van der Waals surface area contributed by atoms with Crippen LogP contribution in [0.1, 0.15) is 88.0 Å². The molecule has 0 aromatic rings. The maximum atomic E-state index is 13.7. The van der Waals surface area contributed by atoms with Crippen molar-refractivity contribution in [2.24, 2.45) is 29.6 Å². The van der Waals surface area contributed by atoms with Gasteiger partial charge in [0.1, 0.15) is 23.1 Å². The first-order chi connectivity index (χ1) is 20.7. The summed E-state index contributed by atoms with van der Waals surface area (Å²) < 4.78 is 29.1. The summed E-state index contributed by atoms with van der Waals surface area (Å²) in [6, 6.07) is 0. The molecule has 0 amide bonds. The van der Waals surface area contributed by atoms with Gasteiger partial charge in [-0.15, -0.1) is 0 Å². The van der Waals surface area contributed by atoms with Crippen LogP contribution >= 0.6 is 0 Å². The first kappa shape index (κ1) is 38.9. The highest BCUT2D eigenvalue weighted by atomic mass is 16.7. The van der Waals surface area contributed by atoms with E-state index in [-0.39, 0.29) is 32.0 Å². The zero-order chi connectivity index (χ0) is 34.7. The van der Waals surface area contributed by atoms with Crippen LogP contribution in [0.4, 0.5) is 0 Å². The van der Waals surface area contributed by atoms with Crippen LogP contribution in [0.15, 0.2) is 0 Å². The maximum Gasteiger partial charge on any atom is 0.383 e. The number of methoxy groups -OCH3 is 1. The Morgan fingerprint density at radius 3 is 2.13 bits per heavy atom. The molecular formula is C32H52O13. The molecule has 3 N–H and O–H groups in total. The van der Waals surface area contributed by atoms with Gasteiger partial charge in [0.05, 0.1) is 23.7 Å². The van der Waals surface area contributed by atoms with Crippen LogP contribution in [0.2, 0.25) is 0 Å². The third kappa shape index (κ3) is 8.75. The van der Waals surface area contributed by atoms with Crippen molar-refractivity contribution in [1.29, 1.82) is 0 Å². The molecule has 0 aromatic heterocycles. The van der Waals surface area contributed by atoms with Gasteiger partial charge < -0.3 is 39.0 Å². The summed E-state index contributed by atoms with van der Waals surface area (Å²) in [5.74, 6) is -8.08. The predicted molar refractivity (Wildman–Crippen MR) is 158 cm³/mol. The minimum absolute atomic E-state index is 0.0378. The SMILES string of the molecule is CC[C@H]1OC(=O)[C@H](C)[C@@H](OC2CC(C)(OC)C(C)C(O)O2)[C@H](C)C[C@@](C)(OC(=O)C(=O)C=O)C[C@@H](C)C(=O)C(C)[C@@H](O)[C@]1(C)O. The van der Waals surface area contributed by atoms with Crippen LogP contribution < -0.4 is 0 Å². The van der Waals surface area contributed by atoms with Crippen molar-refractivity contribution >= 4 is 29.8 Å². The van der Waals surface area contributed by atoms with Crippen molar-refractivity contribution in [2.75, 3.05) is 7.11 Å². The van der Waals surface area contributed by atoms with Gasteiger partial charge in [-0.05, 0) is 52.9 Å². The lowest BCUT2D eigenvalue weighted by atomic mass is 9.75. The summed E-state index contributed by atoms with van der Waals surface area (Å²) in [5, 5.41) is 33.2. The Morgan fingerprint density at radius 2 is 1.60 bits per heavy atom. The number of aliphatic hydroxyl groups is 3. The van der Waals surface area contributed by atoms with E-state index in [0.717, 1.165) is 0 Å². The average molecular weight is 645 g/mol. The second-order valence-electron chi connectivity index (χ2n) is 13.7. The van der Waals surface area contributed by atoms with E-state index in [9.17, 15) is 39.3 Å². The molecule has 2 rings (SSSR count). The summed E-state index contributed by atoms with van der Waals surface area (Å²) in [6.45, 7) is 14.3. The Labute approximate surface area is 265 Å². The monoisotopic (exact) mass is 644 g/mol. The number of Topliss-reactive ketones (excluding diaryl/α,β-unsaturated/α-hetero) is 2. The quantitative estimate of drug-likeness (QED) is 0.158. The maximum absolute atomic E-state index is 13.7. The number of hydrogen-bond donors (Lipinski definition) is 3. The Bertz CT molecular complexity index is 1090. The fourth-order valence-corrected chi connectivity index (χ4v) is 6.74. The van der Waals surface area contributed by atoms with E-state index in [1.807, 2.05) is 0 Å². The smallest absolute Gasteiger partial charge is 0.383 e. The van der Waals surface area contributed by atoms with Crippen LogP contribution in [0, 0.1) is 29.6 Å². The van der Waals surface area contributed by atoms with Crippen LogP contribution in [-0.2, 0) is 47.7 Å². The lowest BCUT2D eigenvalue weighted by molar-refractivity contribution is -0.328. The first-order valence-corrected chi connectivity index (χ1v) is 15.6. The van der Waals surface area contributed by atoms with Crippen molar-refractivity contribution in [1.82, 2.24) is 0 Å². The van der Waals surface area contributed by atoms with Gasteiger partial charge in [-0.2, -0.15) is 0 Å². The predicted octanol–water partition coefficient (Wildman–Crippen LogP) is 1.89. The lowest BCUT2D eigenvalue weighted by Crippen LogP contribution is -2.57. The summed E-state index contributed by atoms with van der Waals surface area (Å²) >= 11 is 0. The Hall–Kier alpha value is -2.29. The summed E-state index contributed by atoms with van der Waals surface area (Å²) in [4.78, 5) is 62.7. The molecule has 0 saturated carbocycles. The van der Waals surface area contributed by atoms with E-state index in [2.05, 4.69) is 0 Å². The third-order valence-electron chi connectivity index (χ3n) is 9.88. The number of carbonyl (C=O) groups is 5. The van der Waals surface area contributed by atoms with Gasteiger partial charge in [-0.25, -0.2) is 4.79 Å². The normalized spacial score (nSPS) is 43.9. The molecule has 0 aliphatic carbocycles. The third-order valence-corrected chi connectivity index (χ3v) is 9.88. The molecule has 45 heavy (non-hydrogen) atoms. The molecule has 258 valence electrons. The zero-order valence-electron chi connectivity index (χ0n) is 28.1. The zero-order valence-corrected chi connectivity index (χ0v) is 28.1. The van der Waals surface area contributed by atoms with E-state index >= 15 is 0 Å². The van der Waals surface area contributed by atoms with E-state index in [0.29, 0.717) is 0 Å². The van der Waals surface area contributed by atoms with E-state index in [1.54, 1.807) is 41.5 Å². The number of aldehydes is 1. The molecule has 2 fully saturated rings. The largest absolute Gasteiger partial charge is 0.459 e. The van der Waals surface area contributed by atoms with Gasteiger partial charge in [0.2, 0.25) is 0 Å². The van der Waals surface area contributed by atoms with Crippen LogP contribution in [0.25, 0.3) is 0 Å². The van der Waals surface area contributed by atoms with Gasteiger partial charge in [0, 0.05) is 31.3 Å². The number of carbonyl (C=O) groups excluding carboxylic acids is 5. The molecule has 0 spiro atoms. The molecule has 0 radical (unpaired) electrons. The molecule has 2 aliphatic rings. The number of ketones is 2. The lowest BCUT2D eigenvalue weighted by Gasteiger charge is -2.46. The molecule has 13 heteroatoms. The molecule has 5 unspecified atom stereocenters. The first-order valence-electron chi connectivity index (χ1n) is 15.6. The summed E-state index contributed by atoms with van der Waals surface area (Å²) in [6.07, 6.45) is -6.12. The van der Waals surface area contributed by atoms with Crippen molar-refractivity contribution in [3.63, 3.8) is 0 Å². The van der Waals surface area contributed by atoms with Crippen LogP contribution in [0.3, 0.4) is 0 Å². The van der Waals surface area contributed by atoms with Crippen molar-refractivity contribution < 1.29 is 63.0 Å². The molecule has 0 bridgehead atoms. The summed E-state index contributed by atoms with van der Waals surface area (Å²) in [5.41, 5.74) is -4.39. The van der Waals surface area contributed by atoms with Crippen molar-refractivity contribution in [3.05, 3.63) is 0 Å². The topological polar surface area (TPSA) is 192 Å². The Kier molecular flexibility index (Phi) is 13.0. The minimum Gasteiger partial charge on any atom is -0.459 e. The van der Waals surface area contributed by atoms with E-state index in [1.165, 1.54) is 27.9 Å². The van der Waals surface area contributed by atoms with E-state index in [4.69, 9.17) is 23.7 Å². The minimum atomic E-state index is -2.02. The van der Waals surface area contributed by atoms with Gasteiger partial charge in [-0.3, -0.25) is 19.2 Å². The molecule has 2 heterocycles. The number of rotatable bonds is 7. The highest BCUT2D eigenvalue weighted by Crippen LogP contribution is 2.40. The fourth-order valence-electron chi connectivity index (χ4n) is 6.74. The summed E-state index contributed by atoms with van der Waals surface area (Å²) in [7, 11) is 1.50. The second-order valence-corrected chi connectivity index (χ2v) is 13.7. The number of esters is 2. The van der Waals surface area contributed by atoms with Crippen LogP contribution in [0.5, 0.6) is 0 Å². The van der Waals surface area contributed by atoms with Gasteiger partial charge >= 0.3 is 17.7 Å². The fraction of sp³-hybridized carbons (Fsp3) is 0.844. The van der Waals surface area contributed by atoms with E-state index < -0.39 is 101 Å². The van der Waals surface area contributed by atoms with Crippen molar-refractivity contribution in [3.8, 4) is 0 Å². The number of ether oxygens (including phenoxy) is 5. The molecule has 2 saturated heterocycles. The standard InChI is InChI=1S/C32H52O13/c1-11-22-32(9,40)26(36)18(4)24(35)16(2)12-30(7,45-29(39)21(34)15-33)13-17(3)25(19(5)27(37)42-22)43-23-14-31(8,41-10)20(6)28(38)44-23/h15-20,22-23,25-26,28,36,38,40H,11-14H2,1-10H3/t16-,17-,18?,19-,20?,22-,23?,25+,26-,28?,30+,31?,32-/m1/s1. The van der Waals surface area contributed by atoms with Gasteiger partial charge in [0.15, 0.2) is 18.9 Å². The van der Waals surface area contributed by atoms with Crippen LogP contribution in [-0.4, -0.2) is 99.9 Å². The number of hydrogen-bond acceptors (Lipinski definition) is 13. The number of cyclic esters (lactones) is 1. The van der Waals surface area contributed by atoms with Gasteiger partial charge in [-0.1, -0.05) is 34.6 Å². The van der Waals surface area contributed by atoms with Crippen molar-refractivity contribution in [2.45, 2.75) is 136 Å². The second kappa shape index (κ2) is 15.1. The molecule has 0 aromatic carbocycles. The Balaban J connectivity index is 2.64. The average Bonchev–Trinajstić information content (AvgIpc) is 2.97. The Morgan fingerprint density at radius 1 is 1.00 bits per heavy atom.